The van der Waals surface area contributed by atoms with E-state index in [2.05, 4.69) is 10.3 Å². The molecule has 6 heteroatoms. The molecule has 1 N–H and O–H groups in total. The van der Waals surface area contributed by atoms with Crippen LogP contribution in [-0.4, -0.2) is 33.6 Å². The van der Waals surface area contributed by atoms with E-state index in [0.29, 0.717) is 6.54 Å². The van der Waals surface area contributed by atoms with E-state index >= 15 is 0 Å². The van der Waals surface area contributed by atoms with Crippen molar-refractivity contribution in [1.29, 1.82) is 0 Å². The summed E-state index contributed by atoms with van der Waals surface area (Å²) in [6, 6.07) is 13.8. The molecule has 1 aliphatic rings. The van der Waals surface area contributed by atoms with Gasteiger partial charge in [-0.3, -0.25) is 0 Å². The molecule has 0 bridgehead atoms. The minimum absolute atomic E-state index is 0.0787. The van der Waals surface area contributed by atoms with Gasteiger partial charge >= 0.3 is 6.03 Å². The molecule has 1 fully saturated rings. The lowest BCUT2D eigenvalue weighted by Gasteiger charge is -2.33. The Labute approximate surface area is 145 Å². The molecular formula is C19H19FN4O. The molecule has 0 saturated carbocycles. The molecule has 4 rings (SSSR count). The summed E-state index contributed by atoms with van der Waals surface area (Å²) < 4.78 is 15.3. The van der Waals surface area contributed by atoms with Crippen LogP contribution in [0.4, 0.5) is 9.18 Å². The van der Waals surface area contributed by atoms with Gasteiger partial charge in [0.15, 0.2) is 0 Å². The summed E-state index contributed by atoms with van der Waals surface area (Å²) in [5, 5.41) is 3.07. The van der Waals surface area contributed by atoms with Gasteiger partial charge in [-0.05, 0) is 36.2 Å². The Morgan fingerprint density at radius 1 is 1.16 bits per heavy atom. The van der Waals surface area contributed by atoms with Gasteiger partial charge in [-0.25, -0.2) is 14.2 Å². The highest BCUT2D eigenvalue weighted by molar-refractivity contribution is 5.76. The summed E-state index contributed by atoms with van der Waals surface area (Å²) in [5.41, 5.74) is 2.79. The monoisotopic (exact) mass is 338 g/mol. The topological polar surface area (TPSA) is 50.2 Å². The number of amides is 2. The van der Waals surface area contributed by atoms with Crippen molar-refractivity contribution >= 4 is 17.1 Å². The van der Waals surface area contributed by atoms with Crippen molar-refractivity contribution in [3.8, 4) is 0 Å². The molecule has 25 heavy (non-hydrogen) atoms. The van der Waals surface area contributed by atoms with Crippen LogP contribution in [0.5, 0.6) is 0 Å². The second kappa shape index (κ2) is 6.55. The van der Waals surface area contributed by atoms with Crippen molar-refractivity contribution in [2.75, 3.05) is 13.1 Å². The van der Waals surface area contributed by atoms with Gasteiger partial charge in [0.1, 0.15) is 5.82 Å². The minimum atomic E-state index is -0.287. The van der Waals surface area contributed by atoms with Crippen LogP contribution in [0.2, 0.25) is 0 Å². The summed E-state index contributed by atoms with van der Waals surface area (Å²) in [5.74, 6) is -0.287. The second-order valence-corrected chi connectivity index (χ2v) is 6.28. The Morgan fingerprint density at radius 2 is 1.92 bits per heavy atom. The largest absolute Gasteiger partial charge is 0.329 e. The van der Waals surface area contributed by atoms with Crippen LogP contribution in [0.15, 0.2) is 54.9 Å². The van der Waals surface area contributed by atoms with Gasteiger partial charge in [-0.15, -0.1) is 0 Å². The van der Waals surface area contributed by atoms with Crippen molar-refractivity contribution in [2.45, 2.75) is 19.0 Å². The van der Waals surface area contributed by atoms with E-state index in [-0.39, 0.29) is 17.9 Å². The van der Waals surface area contributed by atoms with E-state index in [1.165, 1.54) is 12.1 Å². The first kappa shape index (κ1) is 15.6. The average molecular weight is 338 g/mol. The minimum Gasteiger partial charge on any atom is -0.329 e. The lowest BCUT2D eigenvalue weighted by molar-refractivity contribution is 0.163. The number of hydrogen-bond acceptors (Lipinski definition) is 2. The molecule has 1 unspecified atom stereocenters. The van der Waals surface area contributed by atoms with E-state index in [4.69, 9.17) is 0 Å². The Bertz CT molecular complexity index is 886. The number of nitrogens with zero attached hydrogens (tertiary/aromatic N) is 3. The van der Waals surface area contributed by atoms with Crippen LogP contribution >= 0.6 is 0 Å². The van der Waals surface area contributed by atoms with Crippen molar-refractivity contribution in [3.63, 3.8) is 0 Å². The van der Waals surface area contributed by atoms with Gasteiger partial charge in [-0.2, -0.15) is 0 Å². The van der Waals surface area contributed by atoms with Crippen LogP contribution in [0.1, 0.15) is 18.0 Å². The van der Waals surface area contributed by atoms with Crippen molar-refractivity contribution < 1.29 is 9.18 Å². The number of nitrogens with one attached hydrogen (secondary N) is 1. The van der Waals surface area contributed by atoms with Gasteiger partial charge in [0.2, 0.25) is 0 Å². The number of hydrogen-bond donors (Lipinski definition) is 1. The maximum Gasteiger partial charge on any atom is 0.317 e. The SMILES string of the molecule is O=C(NC(Cn1cnc2ccccc21)c1ccc(F)cc1)N1CCC1. The number of aromatic nitrogens is 2. The summed E-state index contributed by atoms with van der Waals surface area (Å²) in [6.45, 7) is 2.11. The molecule has 3 aromatic rings. The van der Waals surface area contributed by atoms with Crippen LogP contribution in [0.25, 0.3) is 11.0 Å². The summed E-state index contributed by atoms with van der Waals surface area (Å²) in [6.07, 6.45) is 2.82. The highest BCUT2D eigenvalue weighted by atomic mass is 19.1. The lowest BCUT2D eigenvalue weighted by Crippen LogP contribution is -2.49. The molecule has 1 aromatic heterocycles. The van der Waals surface area contributed by atoms with Gasteiger partial charge < -0.3 is 14.8 Å². The smallest absolute Gasteiger partial charge is 0.317 e. The molecule has 2 amide bonds. The third kappa shape index (κ3) is 3.20. The molecule has 5 nitrogen and oxygen atoms in total. The third-order valence-corrected chi connectivity index (χ3v) is 4.62. The first-order valence-electron chi connectivity index (χ1n) is 8.41. The third-order valence-electron chi connectivity index (χ3n) is 4.62. The first-order chi connectivity index (χ1) is 12.2. The zero-order chi connectivity index (χ0) is 17.2. The van der Waals surface area contributed by atoms with E-state index in [0.717, 1.165) is 36.1 Å². The number of imidazole rings is 1. The van der Waals surface area contributed by atoms with E-state index in [9.17, 15) is 9.18 Å². The second-order valence-electron chi connectivity index (χ2n) is 6.28. The fourth-order valence-electron chi connectivity index (χ4n) is 3.04. The Kier molecular flexibility index (Phi) is 4.09. The quantitative estimate of drug-likeness (QED) is 0.793. The van der Waals surface area contributed by atoms with Crippen LogP contribution in [0.3, 0.4) is 0 Å². The fraction of sp³-hybridized carbons (Fsp3) is 0.263. The molecule has 2 heterocycles. The summed E-state index contributed by atoms with van der Waals surface area (Å²) >= 11 is 0. The number of urea groups is 1. The number of para-hydroxylation sites is 2. The van der Waals surface area contributed by atoms with Crippen LogP contribution in [0, 0.1) is 5.82 Å². The van der Waals surface area contributed by atoms with Crippen molar-refractivity contribution in [2.24, 2.45) is 0 Å². The number of carbonyl (C=O) groups is 1. The standard InChI is InChI=1S/C19H19FN4O/c20-15-8-6-14(7-9-15)17(22-19(25)23-10-3-11-23)12-24-13-21-16-4-1-2-5-18(16)24/h1-2,4-9,13,17H,3,10-12H2,(H,22,25). The van der Waals surface area contributed by atoms with Crippen molar-refractivity contribution in [1.82, 2.24) is 19.8 Å². The highest BCUT2D eigenvalue weighted by Crippen LogP contribution is 2.20. The van der Waals surface area contributed by atoms with Gasteiger partial charge in [0.25, 0.3) is 0 Å². The van der Waals surface area contributed by atoms with Crippen LogP contribution in [-0.2, 0) is 6.54 Å². The Hall–Kier alpha value is -2.89. The molecule has 128 valence electrons. The fourth-order valence-corrected chi connectivity index (χ4v) is 3.04. The van der Waals surface area contributed by atoms with Gasteiger partial charge in [-0.1, -0.05) is 24.3 Å². The molecule has 1 atom stereocenters. The molecule has 2 aromatic carbocycles. The maximum absolute atomic E-state index is 13.3. The zero-order valence-electron chi connectivity index (χ0n) is 13.7. The van der Waals surface area contributed by atoms with E-state index in [1.807, 2.05) is 28.8 Å². The zero-order valence-corrected chi connectivity index (χ0v) is 13.7. The van der Waals surface area contributed by atoms with E-state index < -0.39 is 0 Å². The molecule has 0 aliphatic carbocycles. The predicted octanol–water partition coefficient (Wildman–Crippen LogP) is 3.33. The molecule has 1 aliphatic heterocycles. The maximum atomic E-state index is 13.3. The molecule has 0 radical (unpaired) electrons. The number of fused-ring (bicyclic) bond motifs is 1. The number of carbonyl (C=O) groups excluding carboxylic acids is 1. The summed E-state index contributed by atoms with van der Waals surface area (Å²) in [7, 11) is 0. The number of rotatable bonds is 4. The number of likely N-dealkylation sites (tertiary alicyclic amines) is 1. The predicted molar refractivity (Wildman–Crippen MR) is 93.6 cm³/mol. The molecule has 0 spiro atoms. The number of benzene rings is 2. The Morgan fingerprint density at radius 3 is 2.64 bits per heavy atom. The number of halogens is 1. The molecular weight excluding hydrogens is 319 g/mol. The van der Waals surface area contributed by atoms with Gasteiger partial charge in [0.05, 0.1) is 23.4 Å². The average Bonchev–Trinajstić information content (AvgIpc) is 2.97. The lowest BCUT2D eigenvalue weighted by atomic mass is 10.1. The molecule has 1 saturated heterocycles. The normalized spacial score (nSPS) is 15.0. The highest BCUT2D eigenvalue weighted by Gasteiger charge is 2.24. The van der Waals surface area contributed by atoms with Gasteiger partial charge in [0, 0.05) is 19.6 Å². The van der Waals surface area contributed by atoms with Crippen LogP contribution < -0.4 is 5.32 Å². The Balaban J connectivity index is 1.62. The van der Waals surface area contributed by atoms with Crippen molar-refractivity contribution in [3.05, 3.63) is 66.2 Å². The summed E-state index contributed by atoms with van der Waals surface area (Å²) in [4.78, 5) is 18.6. The first-order valence-corrected chi connectivity index (χ1v) is 8.41. The van der Waals surface area contributed by atoms with E-state index in [1.54, 1.807) is 23.4 Å².